The second-order valence-corrected chi connectivity index (χ2v) is 8.77. The number of anilines is 1. The highest BCUT2D eigenvalue weighted by Gasteiger charge is 2.38. The highest BCUT2D eigenvalue weighted by Crippen LogP contribution is 2.38. The Hall–Kier alpha value is -2.71. The molecule has 0 bridgehead atoms. The molecule has 3 aliphatic heterocycles. The van der Waals surface area contributed by atoms with Crippen LogP contribution in [0.25, 0.3) is 5.57 Å². The van der Waals surface area contributed by atoms with Crippen LogP contribution in [0, 0.1) is 0 Å². The van der Waals surface area contributed by atoms with E-state index in [1.54, 1.807) is 11.0 Å². The minimum atomic E-state index is -0.550. The van der Waals surface area contributed by atoms with Gasteiger partial charge in [-0.15, -0.1) is 0 Å². The monoisotopic (exact) mass is 455 g/mol. The van der Waals surface area contributed by atoms with E-state index < -0.39 is 11.8 Å². The van der Waals surface area contributed by atoms with E-state index in [1.165, 1.54) is 0 Å². The number of nitrogens with one attached hydrogen (secondary N) is 2. The fraction of sp³-hybridized carbons (Fsp3) is 0.560. The third kappa shape index (κ3) is 5.28. The number of unbranched alkanes of at least 4 members (excludes halogenated alkanes) is 1. The molecule has 0 spiro atoms. The number of hydrogen-bond donors (Lipinski definition) is 2. The van der Waals surface area contributed by atoms with Gasteiger partial charge in [-0.3, -0.25) is 14.4 Å². The number of carbonyl (C=O) groups is 3. The Morgan fingerprint density at radius 2 is 1.61 bits per heavy atom. The average Bonchev–Trinajstić information content (AvgIpc) is 3.58. The summed E-state index contributed by atoms with van der Waals surface area (Å²) in [6, 6.07) is 7.35. The lowest BCUT2D eigenvalue weighted by Gasteiger charge is -2.17. The molecule has 0 saturated carbocycles. The van der Waals surface area contributed by atoms with Crippen LogP contribution in [0.15, 0.2) is 29.8 Å². The minimum Gasteiger partial charge on any atom is -0.376 e. The molecule has 1 aromatic rings. The maximum absolute atomic E-state index is 13.5. The summed E-state index contributed by atoms with van der Waals surface area (Å²) >= 11 is 0. The fourth-order valence-corrected chi connectivity index (χ4v) is 4.59. The van der Waals surface area contributed by atoms with Gasteiger partial charge in [-0.25, -0.2) is 0 Å². The van der Waals surface area contributed by atoms with Gasteiger partial charge in [-0.1, -0.05) is 31.5 Å². The van der Waals surface area contributed by atoms with E-state index in [1.807, 2.05) is 18.2 Å². The average molecular weight is 456 g/mol. The number of para-hydroxylation sites is 1. The van der Waals surface area contributed by atoms with E-state index in [-0.39, 0.29) is 29.3 Å². The van der Waals surface area contributed by atoms with Gasteiger partial charge in [0.1, 0.15) is 5.57 Å². The summed E-state index contributed by atoms with van der Waals surface area (Å²) in [5, 5.41) is 5.67. The molecule has 8 heteroatoms. The maximum atomic E-state index is 13.5. The molecule has 0 aromatic heterocycles. The number of carbonyl (C=O) groups excluding carboxylic acids is 3. The second kappa shape index (κ2) is 10.9. The molecule has 2 unspecified atom stereocenters. The number of benzene rings is 1. The van der Waals surface area contributed by atoms with Crippen LogP contribution in [-0.4, -0.2) is 62.8 Å². The number of nitrogens with zero attached hydrogens (tertiary/aromatic N) is 1. The van der Waals surface area contributed by atoms with Gasteiger partial charge >= 0.3 is 0 Å². The van der Waals surface area contributed by atoms with E-state index >= 15 is 0 Å². The van der Waals surface area contributed by atoms with Crippen LogP contribution in [-0.2, 0) is 23.9 Å². The van der Waals surface area contributed by atoms with Gasteiger partial charge in [-0.05, 0) is 38.2 Å². The molecule has 4 rings (SSSR count). The lowest BCUT2D eigenvalue weighted by molar-refractivity contribution is -0.124. The predicted octanol–water partition coefficient (Wildman–Crippen LogP) is 2.18. The van der Waals surface area contributed by atoms with Crippen LogP contribution in [0.1, 0.15) is 51.0 Å². The number of amides is 3. The summed E-state index contributed by atoms with van der Waals surface area (Å²) < 4.78 is 11.2. The van der Waals surface area contributed by atoms with Crippen molar-refractivity contribution in [2.75, 3.05) is 37.7 Å². The van der Waals surface area contributed by atoms with Gasteiger partial charge in [0.25, 0.3) is 17.7 Å². The smallest absolute Gasteiger partial charge is 0.259 e. The number of hydrogen-bond acceptors (Lipinski definition) is 5. The largest absolute Gasteiger partial charge is 0.376 e. The van der Waals surface area contributed by atoms with Crippen molar-refractivity contribution >= 4 is 29.0 Å². The van der Waals surface area contributed by atoms with E-state index in [2.05, 4.69) is 17.6 Å². The van der Waals surface area contributed by atoms with Crippen LogP contribution in [0.2, 0.25) is 0 Å². The van der Waals surface area contributed by atoms with E-state index in [9.17, 15) is 14.4 Å². The molecule has 2 atom stereocenters. The van der Waals surface area contributed by atoms with Crippen molar-refractivity contribution in [2.24, 2.45) is 0 Å². The normalized spacial score (nSPS) is 21.9. The van der Waals surface area contributed by atoms with E-state index in [0.29, 0.717) is 38.4 Å². The lowest BCUT2D eigenvalue weighted by Crippen LogP contribution is -2.41. The van der Waals surface area contributed by atoms with Crippen molar-refractivity contribution in [1.29, 1.82) is 0 Å². The Morgan fingerprint density at radius 3 is 2.15 bits per heavy atom. The molecular formula is C25H33N3O5. The Morgan fingerprint density at radius 1 is 1.00 bits per heavy atom. The molecule has 2 fully saturated rings. The van der Waals surface area contributed by atoms with Crippen LogP contribution < -0.4 is 15.5 Å². The van der Waals surface area contributed by atoms with Crippen molar-refractivity contribution in [3.63, 3.8) is 0 Å². The van der Waals surface area contributed by atoms with E-state index in [4.69, 9.17) is 9.47 Å². The van der Waals surface area contributed by atoms with Crippen molar-refractivity contribution in [1.82, 2.24) is 10.6 Å². The predicted molar refractivity (Wildman–Crippen MR) is 125 cm³/mol. The molecule has 0 aliphatic carbocycles. The zero-order valence-electron chi connectivity index (χ0n) is 19.2. The Labute approximate surface area is 194 Å². The molecule has 178 valence electrons. The Kier molecular flexibility index (Phi) is 7.77. The van der Waals surface area contributed by atoms with Crippen molar-refractivity contribution < 1.29 is 23.9 Å². The van der Waals surface area contributed by atoms with Gasteiger partial charge in [0.15, 0.2) is 0 Å². The summed E-state index contributed by atoms with van der Waals surface area (Å²) in [6.07, 6.45) is 5.27. The van der Waals surface area contributed by atoms with Crippen LogP contribution in [0.4, 0.5) is 5.69 Å². The number of rotatable bonds is 9. The maximum Gasteiger partial charge on any atom is 0.259 e. The second-order valence-electron chi connectivity index (χ2n) is 8.77. The summed E-state index contributed by atoms with van der Waals surface area (Å²) in [5.74, 6) is -1.41. The van der Waals surface area contributed by atoms with Gasteiger partial charge in [0.05, 0.1) is 23.5 Å². The van der Waals surface area contributed by atoms with E-state index in [0.717, 1.165) is 44.2 Å². The Balaban J connectivity index is 1.64. The highest BCUT2D eigenvalue weighted by atomic mass is 16.5. The standard InChI is InChI=1S/C25H33N3O5/c1-2-3-12-28-20-11-5-4-10-19(20)21(25(28)31)22(23(29)26-15-17-8-6-13-32-17)24(30)27-16-18-9-7-14-33-18/h4-5,10-11,17-18H,2-3,6-9,12-16H2,1H3,(H,26,29)(H,27,30). The first-order chi connectivity index (χ1) is 16.1. The molecule has 33 heavy (non-hydrogen) atoms. The first-order valence-electron chi connectivity index (χ1n) is 12.0. The van der Waals surface area contributed by atoms with Crippen LogP contribution >= 0.6 is 0 Å². The van der Waals surface area contributed by atoms with Crippen LogP contribution in [0.3, 0.4) is 0 Å². The third-order valence-electron chi connectivity index (χ3n) is 6.39. The topological polar surface area (TPSA) is 97.0 Å². The summed E-state index contributed by atoms with van der Waals surface area (Å²) in [5.41, 5.74) is 1.38. The van der Waals surface area contributed by atoms with Crippen molar-refractivity contribution in [2.45, 2.75) is 57.7 Å². The number of ether oxygens (including phenoxy) is 2. The van der Waals surface area contributed by atoms with Gasteiger partial charge in [0.2, 0.25) is 0 Å². The zero-order valence-corrected chi connectivity index (χ0v) is 19.2. The molecule has 8 nitrogen and oxygen atoms in total. The SMILES string of the molecule is CCCCN1C(=O)C(=C(C(=O)NCC2CCCO2)C(=O)NCC2CCCO2)c2ccccc21. The molecule has 3 aliphatic rings. The molecule has 0 radical (unpaired) electrons. The first-order valence-corrected chi connectivity index (χ1v) is 12.0. The first kappa shape index (κ1) is 23.4. The number of fused-ring (bicyclic) bond motifs is 1. The van der Waals surface area contributed by atoms with Gasteiger partial charge < -0.3 is 25.0 Å². The van der Waals surface area contributed by atoms with Gasteiger partial charge in [-0.2, -0.15) is 0 Å². The van der Waals surface area contributed by atoms with Gasteiger partial charge in [0, 0.05) is 38.4 Å². The fourth-order valence-electron chi connectivity index (χ4n) is 4.59. The van der Waals surface area contributed by atoms with Crippen molar-refractivity contribution in [3.05, 3.63) is 35.4 Å². The summed E-state index contributed by atoms with van der Waals surface area (Å²) in [4.78, 5) is 41.8. The molecular weight excluding hydrogens is 422 g/mol. The molecule has 3 amide bonds. The molecule has 2 saturated heterocycles. The Bertz CT molecular complexity index is 882. The summed E-state index contributed by atoms with van der Waals surface area (Å²) in [7, 11) is 0. The lowest BCUT2D eigenvalue weighted by atomic mass is 9.99. The molecule has 2 N–H and O–H groups in total. The third-order valence-corrected chi connectivity index (χ3v) is 6.39. The van der Waals surface area contributed by atoms with Crippen LogP contribution in [0.5, 0.6) is 0 Å². The summed E-state index contributed by atoms with van der Waals surface area (Å²) in [6.45, 7) is 4.57. The zero-order chi connectivity index (χ0) is 23.2. The van der Waals surface area contributed by atoms with Crippen molar-refractivity contribution in [3.8, 4) is 0 Å². The molecule has 1 aromatic carbocycles. The quantitative estimate of drug-likeness (QED) is 0.338. The highest BCUT2D eigenvalue weighted by molar-refractivity contribution is 6.41. The minimum absolute atomic E-state index is 0.0669. The molecule has 3 heterocycles.